The molecule has 0 bridgehead atoms. The maximum Gasteiger partial charge on any atom is 0.120 e. The van der Waals surface area contributed by atoms with E-state index in [2.05, 4.69) is 17.6 Å². The monoisotopic (exact) mass is 264 g/mol. The van der Waals surface area contributed by atoms with Gasteiger partial charge in [0, 0.05) is 18.3 Å². The average molecular weight is 264 g/mol. The van der Waals surface area contributed by atoms with Gasteiger partial charge in [0.15, 0.2) is 0 Å². The number of anilines is 1. The topological polar surface area (TPSA) is 53.5 Å². The van der Waals surface area contributed by atoms with Crippen LogP contribution in [0, 0.1) is 5.92 Å². The van der Waals surface area contributed by atoms with Gasteiger partial charge in [0.25, 0.3) is 0 Å². The summed E-state index contributed by atoms with van der Waals surface area (Å²) in [4.78, 5) is 0. The Morgan fingerprint density at radius 1 is 1.53 bits per heavy atom. The van der Waals surface area contributed by atoms with Gasteiger partial charge in [0.2, 0.25) is 0 Å². The highest BCUT2D eigenvalue weighted by atomic mass is 16.5. The van der Waals surface area contributed by atoms with Crippen LogP contribution in [0.15, 0.2) is 24.3 Å². The van der Waals surface area contributed by atoms with E-state index in [-0.39, 0.29) is 12.1 Å². The zero-order valence-electron chi connectivity index (χ0n) is 11.8. The Morgan fingerprint density at radius 2 is 2.37 bits per heavy atom. The minimum Gasteiger partial charge on any atom is -0.497 e. The van der Waals surface area contributed by atoms with Crippen molar-refractivity contribution >= 4 is 5.69 Å². The molecule has 1 fully saturated rings. The molecule has 1 aliphatic heterocycles. The Kier molecular flexibility index (Phi) is 4.66. The highest BCUT2D eigenvalue weighted by Gasteiger charge is 2.39. The zero-order valence-corrected chi connectivity index (χ0v) is 11.8. The summed E-state index contributed by atoms with van der Waals surface area (Å²) in [7, 11) is 1.67. The SMILES string of the molecule is CCC1CNCCC1(CO)Nc1cccc(OC)c1. The highest BCUT2D eigenvalue weighted by molar-refractivity contribution is 5.50. The first-order chi connectivity index (χ1) is 9.24. The molecule has 1 saturated heterocycles. The predicted octanol–water partition coefficient (Wildman–Crippen LogP) is 1.86. The molecular weight excluding hydrogens is 240 g/mol. The third kappa shape index (κ3) is 3.01. The molecule has 0 aromatic heterocycles. The molecule has 2 unspecified atom stereocenters. The minimum atomic E-state index is -0.230. The standard InChI is InChI=1S/C15H24N2O2/c1-3-12-10-16-8-7-15(12,11-18)17-13-5-4-6-14(9-13)19-2/h4-6,9,12,16-18H,3,7-8,10-11H2,1-2H3. The summed E-state index contributed by atoms with van der Waals surface area (Å²) < 4.78 is 5.25. The number of ether oxygens (including phenoxy) is 1. The van der Waals surface area contributed by atoms with Crippen molar-refractivity contribution in [3.05, 3.63) is 24.3 Å². The van der Waals surface area contributed by atoms with E-state index >= 15 is 0 Å². The number of nitrogens with one attached hydrogen (secondary N) is 2. The molecule has 1 aromatic carbocycles. The van der Waals surface area contributed by atoms with Crippen LogP contribution in [0.2, 0.25) is 0 Å². The molecule has 3 N–H and O–H groups in total. The highest BCUT2D eigenvalue weighted by Crippen LogP contribution is 2.31. The van der Waals surface area contributed by atoms with Gasteiger partial charge in [-0.15, -0.1) is 0 Å². The normalized spacial score (nSPS) is 27.0. The van der Waals surface area contributed by atoms with Crippen molar-refractivity contribution < 1.29 is 9.84 Å². The molecule has 0 aliphatic carbocycles. The van der Waals surface area contributed by atoms with Crippen molar-refractivity contribution in [1.29, 1.82) is 0 Å². The number of aliphatic hydroxyl groups excluding tert-OH is 1. The van der Waals surface area contributed by atoms with Gasteiger partial charge < -0.3 is 20.5 Å². The van der Waals surface area contributed by atoms with Crippen LogP contribution in [0.3, 0.4) is 0 Å². The summed E-state index contributed by atoms with van der Waals surface area (Å²) in [5.41, 5.74) is 0.778. The van der Waals surface area contributed by atoms with Crippen molar-refractivity contribution in [3.8, 4) is 5.75 Å². The van der Waals surface area contributed by atoms with Crippen LogP contribution in [-0.2, 0) is 0 Å². The van der Waals surface area contributed by atoms with Crippen LogP contribution in [-0.4, -0.2) is 37.5 Å². The molecule has 1 heterocycles. The average Bonchev–Trinajstić information content (AvgIpc) is 2.47. The van der Waals surface area contributed by atoms with E-state index in [9.17, 15) is 5.11 Å². The molecule has 4 nitrogen and oxygen atoms in total. The van der Waals surface area contributed by atoms with E-state index in [0.29, 0.717) is 5.92 Å². The second kappa shape index (κ2) is 6.26. The maximum atomic E-state index is 9.91. The van der Waals surface area contributed by atoms with Crippen molar-refractivity contribution in [1.82, 2.24) is 5.32 Å². The lowest BCUT2D eigenvalue weighted by Gasteiger charge is -2.44. The number of rotatable bonds is 5. The fourth-order valence-electron chi connectivity index (χ4n) is 2.92. The molecule has 4 heteroatoms. The van der Waals surface area contributed by atoms with Gasteiger partial charge in [-0.3, -0.25) is 0 Å². The van der Waals surface area contributed by atoms with Crippen molar-refractivity contribution in [2.75, 3.05) is 32.1 Å². The summed E-state index contributed by atoms with van der Waals surface area (Å²) in [6.07, 6.45) is 1.98. The van der Waals surface area contributed by atoms with Crippen molar-refractivity contribution in [2.24, 2.45) is 5.92 Å². The number of methoxy groups -OCH3 is 1. The lowest BCUT2D eigenvalue weighted by atomic mass is 9.77. The summed E-state index contributed by atoms with van der Waals surface area (Å²) in [6, 6.07) is 7.89. The fraction of sp³-hybridized carbons (Fsp3) is 0.600. The maximum absolute atomic E-state index is 9.91. The first-order valence-corrected chi connectivity index (χ1v) is 6.98. The Balaban J connectivity index is 2.20. The van der Waals surface area contributed by atoms with Crippen LogP contribution in [0.4, 0.5) is 5.69 Å². The second-order valence-corrected chi connectivity index (χ2v) is 5.23. The lowest BCUT2D eigenvalue weighted by Crippen LogP contribution is -2.57. The Morgan fingerprint density at radius 3 is 3.05 bits per heavy atom. The van der Waals surface area contributed by atoms with Gasteiger partial charge in [-0.1, -0.05) is 13.0 Å². The second-order valence-electron chi connectivity index (χ2n) is 5.23. The molecule has 1 aliphatic rings. The quantitative estimate of drug-likeness (QED) is 0.760. The summed E-state index contributed by atoms with van der Waals surface area (Å²) in [6.45, 7) is 4.22. The van der Waals surface area contributed by atoms with Gasteiger partial charge in [0.1, 0.15) is 5.75 Å². The third-order valence-corrected chi connectivity index (χ3v) is 4.16. The summed E-state index contributed by atoms with van der Waals surface area (Å²) >= 11 is 0. The van der Waals surface area contributed by atoms with Crippen molar-refractivity contribution in [3.63, 3.8) is 0 Å². The van der Waals surface area contributed by atoms with Gasteiger partial charge >= 0.3 is 0 Å². The van der Waals surface area contributed by atoms with E-state index in [1.807, 2.05) is 24.3 Å². The molecule has 2 atom stereocenters. The minimum absolute atomic E-state index is 0.157. The smallest absolute Gasteiger partial charge is 0.120 e. The summed E-state index contributed by atoms with van der Waals surface area (Å²) in [5, 5.41) is 16.9. The van der Waals surface area contributed by atoms with Crippen molar-refractivity contribution in [2.45, 2.75) is 25.3 Å². The number of hydrogen-bond donors (Lipinski definition) is 3. The van der Waals surface area contributed by atoms with Crippen LogP contribution in [0.25, 0.3) is 0 Å². The van der Waals surface area contributed by atoms with Crippen LogP contribution in [0.5, 0.6) is 5.75 Å². The van der Waals surface area contributed by atoms with Gasteiger partial charge in [-0.05, 0) is 37.4 Å². The first kappa shape index (κ1) is 14.2. The number of aliphatic hydroxyl groups is 1. The van der Waals surface area contributed by atoms with E-state index in [1.54, 1.807) is 7.11 Å². The van der Waals surface area contributed by atoms with E-state index < -0.39 is 0 Å². The molecule has 2 rings (SSSR count). The lowest BCUT2D eigenvalue weighted by molar-refractivity contribution is 0.124. The van der Waals surface area contributed by atoms with Gasteiger partial charge in [-0.2, -0.15) is 0 Å². The summed E-state index contributed by atoms with van der Waals surface area (Å²) in [5.74, 6) is 1.26. The number of piperidine rings is 1. The van der Waals surface area contributed by atoms with Gasteiger partial charge in [-0.25, -0.2) is 0 Å². The van der Waals surface area contributed by atoms with E-state index in [4.69, 9.17) is 4.74 Å². The first-order valence-electron chi connectivity index (χ1n) is 6.98. The largest absolute Gasteiger partial charge is 0.497 e. The van der Waals surface area contributed by atoms with Gasteiger partial charge in [0.05, 0.1) is 19.3 Å². The number of benzene rings is 1. The van der Waals surface area contributed by atoms with Crippen LogP contribution in [0.1, 0.15) is 19.8 Å². The predicted molar refractivity (Wildman–Crippen MR) is 77.7 cm³/mol. The van der Waals surface area contributed by atoms with E-state index in [1.165, 1.54) is 0 Å². The molecule has 106 valence electrons. The molecule has 1 aromatic rings. The molecule has 0 amide bonds. The zero-order chi connectivity index (χ0) is 13.7. The Bertz CT molecular complexity index is 411. The number of hydrogen-bond acceptors (Lipinski definition) is 4. The van der Waals surface area contributed by atoms with Crippen LogP contribution >= 0.6 is 0 Å². The third-order valence-electron chi connectivity index (χ3n) is 4.16. The molecule has 0 saturated carbocycles. The molecular formula is C15H24N2O2. The van der Waals surface area contributed by atoms with Crippen LogP contribution < -0.4 is 15.4 Å². The molecule has 19 heavy (non-hydrogen) atoms. The molecule has 0 spiro atoms. The van der Waals surface area contributed by atoms with E-state index in [0.717, 1.165) is 37.4 Å². The fourth-order valence-corrected chi connectivity index (χ4v) is 2.92. The Hall–Kier alpha value is -1.26. The molecule has 0 radical (unpaired) electrons. The Labute approximate surface area is 115 Å².